The molecule has 8 aromatic rings. The number of hydrogen-bond donors (Lipinski definition) is 0. The normalized spacial score (nSPS) is 11.6. The van der Waals surface area contributed by atoms with E-state index in [0.717, 1.165) is 39.3 Å². The molecule has 4 heterocycles. The highest BCUT2D eigenvalue weighted by molar-refractivity contribution is 7.26. The zero-order valence-corrected chi connectivity index (χ0v) is 21.7. The summed E-state index contributed by atoms with van der Waals surface area (Å²) < 4.78 is 2.63. The van der Waals surface area contributed by atoms with Gasteiger partial charge in [-0.05, 0) is 42.5 Å². The van der Waals surface area contributed by atoms with E-state index in [1.54, 1.807) is 12.4 Å². The van der Waals surface area contributed by atoms with Crippen molar-refractivity contribution in [2.75, 3.05) is 0 Å². The van der Waals surface area contributed by atoms with Gasteiger partial charge in [-0.3, -0.25) is 4.98 Å². The summed E-state index contributed by atoms with van der Waals surface area (Å²) in [6, 6.07) is 40.4. The fourth-order valence-electron chi connectivity index (χ4n) is 5.54. The summed E-state index contributed by atoms with van der Waals surface area (Å²) in [5, 5.41) is 6.25. The van der Waals surface area contributed by atoms with Crippen molar-refractivity contribution in [2.24, 2.45) is 0 Å². The second-order valence-electron chi connectivity index (χ2n) is 9.67. The number of aromatic nitrogens is 3. The third kappa shape index (κ3) is 3.61. The van der Waals surface area contributed by atoms with E-state index in [-0.39, 0.29) is 0 Å². The second kappa shape index (κ2) is 8.83. The second-order valence-corrected chi connectivity index (χ2v) is 10.7. The minimum absolute atomic E-state index is 0.932. The van der Waals surface area contributed by atoms with E-state index in [2.05, 4.69) is 102 Å². The number of nitrogens with zero attached hydrogens (tertiary/aromatic N) is 3. The molecule has 0 aliphatic heterocycles. The van der Waals surface area contributed by atoms with Crippen molar-refractivity contribution in [2.45, 2.75) is 0 Å². The fraction of sp³-hybridized carbons (Fsp3) is 0. The molecule has 8 rings (SSSR count). The lowest BCUT2D eigenvalue weighted by molar-refractivity contribution is 1.29. The summed E-state index contributed by atoms with van der Waals surface area (Å²) in [5.41, 5.74) is 7.07. The zero-order valence-electron chi connectivity index (χ0n) is 20.9. The summed E-state index contributed by atoms with van der Waals surface area (Å²) in [6.07, 6.45) is 3.60. The Morgan fingerprint density at radius 2 is 1.21 bits per heavy atom. The van der Waals surface area contributed by atoms with Crippen LogP contribution in [0.4, 0.5) is 0 Å². The van der Waals surface area contributed by atoms with Crippen molar-refractivity contribution in [3.63, 3.8) is 0 Å². The standard InChI is InChI=1S/C35H21N3S/c1-3-11-31-27(10-1)33-28(16-15-26-25-9-2-4-14-32(25)39-35(26)33)34(38-31)24-8-5-7-23(21-24)30-13-6-12-29(37-30)22-17-19-36-20-18-22/h1-21H. The van der Waals surface area contributed by atoms with Gasteiger partial charge in [0.15, 0.2) is 0 Å². The van der Waals surface area contributed by atoms with Crippen LogP contribution in [-0.4, -0.2) is 15.0 Å². The number of para-hydroxylation sites is 1. The Bertz CT molecular complexity index is 2180. The maximum atomic E-state index is 5.21. The Morgan fingerprint density at radius 3 is 2.10 bits per heavy atom. The monoisotopic (exact) mass is 515 g/mol. The number of rotatable bonds is 3. The molecule has 4 aromatic heterocycles. The van der Waals surface area contributed by atoms with E-state index in [9.17, 15) is 0 Å². The molecule has 0 saturated carbocycles. The zero-order chi connectivity index (χ0) is 25.8. The predicted octanol–water partition coefficient (Wildman–Crippen LogP) is 9.55. The molecule has 0 saturated heterocycles. The quantitative estimate of drug-likeness (QED) is 0.220. The average molecular weight is 516 g/mol. The Kier molecular flexibility index (Phi) is 5.00. The highest BCUT2D eigenvalue weighted by atomic mass is 32.1. The summed E-state index contributed by atoms with van der Waals surface area (Å²) in [7, 11) is 0. The van der Waals surface area contributed by atoms with Crippen LogP contribution in [0.1, 0.15) is 0 Å². The predicted molar refractivity (Wildman–Crippen MR) is 164 cm³/mol. The van der Waals surface area contributed by atoms with Crippen molar-refractivity contribution in [1.82, 2.24) is 15.0 Å². The summed E-state index contributed by atoms with van der Waals surface area (Å²) in [5.74, 6) is 0. The number of thiophene rings is 1. The first-order valence-corrected chi connectivity index (χ1v) is 13.8. The van der Waals surface area contributed by atoms with E-state index in [4.69, 9.17) is 9.97 Å². The van der Waals surface area contributed by atoms with Crippen LogP contribution in [0, 0.1) is 0 Å². The molecule has 0 fully saturated rings. The van der Waals surface area contributed by atoms with Crippen molar-refractivity contribution < 1.29 is 0 Å². The minimum Gasteiger partial charge on any atom is -0.265 e. The van der Waals surface area contributed by atoms with Crippen LogP contribution < -0.4 is 0 Å². The molecule has 0 spiro atoms. The number of fused-ring (bicyclic) bond motifs is 7. The molecule has 0 bridgehead atoms. The lowest BCUT2D eigenvalue weighted by Gasteiger charge is -2.12. The molecule has 0 amide bonds. The third-order valence-electron chi connectivity index (χ3n) is 7.36. The molecular formula is C35H21N3S. The van der Waals surface area contributed by atoms with Crippen LogP contribution in [0.3, 0.4) is 0 Å². The van der Waals surface area contributed by atoms with E-state index < -0.39 is 0 Å². The maximum absolute atomic E-state index is 5.21. The van der Waals surface area contributed by atoms with Gasteiger partial charge in [-0.25, -0.2) is 9.97 Å². The largest absolute Gasteiger partial charge is 0.265 e. The number of pyridine rings is 3. The molecule has 39 heavy (non-hydrogen) atoms. The average Bonchev–Trinajstić information content (AvgIpc) is 3.40. The third-order valence-corrected chi connectivity index (χ3v) is 8.57. The van der Waals surface area contributed by atoms with Gasteiger partial charge in [-0.1, -0.05) is 72.8 Å². The first-order chi connectivity index (χ1) is 19.3. The molecule has 0 atom stereocenters. The van der Waals surface area contributed by atoms with Gasteiger partial charge in [0.05, 0.1) is 22.6 Å². The lowest BCUT2D eigenvalue weighted by atomic mass is 9.97. The van der Waals surface area contributed by atoms with Gasteiger partial charge in [0.2, 0.25) is 0 Å². The molecule has 0 radical (unpaired) electrons. The maximum Gasteiger partial charge on any atom is 0.0788 e. The van der Waals surface area contributed by atoms with Crippen LogP contribution >= 0.6 is 11.3 Å². The van der Waals surface area contributed by atoms with Gasteiger partial charge in [0.25, 0.3) is 0 Å². The van der Waals surface area contributed by atoms with Crippen molar-refractivity contribution in [3.8, 4) is 33.8 Å². The highest BCUT2D eigenvalue weighted by Gasteiger charge is 2.16. The number of hydrogen-bond acceptors (Lipinski definition) is 4. The van der Waals surface area contributed by atoms with Gasteiger partial charge in [0, 0.05) is 65.4 Å². The summed E-state index contributed by atoms with van der Waals surface area (Å²) >= 11 is 1.87. The summed E-state index contributed by atoms with van der Waals surface area (Å²) in [6.45, 7) is 0. The van der Waals surface area contributed by atoms with Crippen LogP contribution in [0.15, 0.2) is 128 Å². The van der Waals surface area contributed by atoms with Crippen molar-refractivity contribution in [3.05, 3.63) is 128 Å². The molecule has 3 nitrogen and oxygen atoms in total. The number of benzene rings is 4. The Morgan fingerprint density at radius 1 is 0.487 bits per heavy atom. The van der Waals surface area contributed by atoms with Gasteiger partial charge in [0.1, 0.15) is 0 Å². The molecular weight excluding hydrogens is 494 g/mol. The van der Waals surface area contributed by atoms with Gasteiger partial charge >= 0.3 is 0 Å². The van der Waals surface area contributed by atoms with E-state index in [1.807, 2.05) is 29.5 Å². The van der Waals surface area contributed by atoms with Gasteiger partial charge in [-0.2, -0.15) is 0 Å². The first-order valence-electron chi connectivity index (χ1n) is 12.9. The Labute approximate surface area is 229 Å². The lowest BCUT2D eigenvalue weighted by Crippen LogP contribution is -1.92. The Balaban J connectivity index is 1.36. The molecule has 0 aliphatic carbocycles. The first kappa shape index (κ1) is 22.1. The van der Waals surface area contributed by atoms with Crippen LogP contribution in [-0.2, 0) is 0 Å². The van der Waals surface area contributed by atoms with Gasteiger partial charge < -0.3 is 0 Å². The van der Waals surface area contributed by atoms with Crippen LogP contribution in [0.5, 0.6) is 0 Å². The molecule has 0 unspecified atom stereocenters. The van der Waals surface area contributed by atoms with Gasteiger partial charge in [-0.15, -0.1) is 11.3 Å². The SMILES string of the molecule is c1cc(-c2cccc(-c3ccncc3)n2)cc(-c2nc3ccccc3c3c2ccc2c4ccccc4sc23)c1. The van der Waals surface area contributed by atoms with E-state index >= 15 is 0 Å². The molecule has 4 aromatic carbocycles. The fourth-order valence-corrected chi connectivity index (χ4v) is 6.81. The molecule has 0 N–H and O–H groups in total. The van der Waals surface area contributed by atoms with E-state index in [1.165, 1.54) is 36.3 Å². The van der Waals surface area contributed by atoms with Crippen LogP contribution in [0.2, 0.25) is 0 Å². The molecule has 0 aliphatic rings. The highest BCUT2D eigenvalue weighted by Crippen LogP contribution is 2.43. The van der Waals surface area contributed by atoms with Crippen molar-refractivity contribution in [1.29, 1.82) is 0 Å². The van der Waals surface area contributed by atoms with E-state index in [0.29, 0.717) is 0 Å². The smallest absolute Gasteiger partial charge is 0.0788 e. The Hall–Kier alpha value is -4.93. The molecule has 4 heteroatoms. The van der Waals surface area contributed by atoms with Crippen LogP contribution in [0.25, 0.3) is 75.6 Å². The minimum atomic E-state index is 0.932. The van der Waals surface area contributed by atoms with Crippen molar-refractivity contribution >= 4 is 53.2 Å². The summed E-state index contributed by atoms with van der Waals surface area (Å²) in [4.78, 5) is 14.3. The molecule has 182 valence electrons. The topological polar surface area (TPSA) is 38.7 Å².